The first-order valence-electron chi connectivity index (χ1n) is 8.16. The quantitative estimate of drug-likeness (QED) is 0.718. The van der Waals surface area contributed by atoms with Gasteiger partial charge in [0.15, 0.2) is 0 Å². The van der Waals surface area contributed by atoms with Crippen molar-refractivity contribution in [3.63, 3.8) is 0 Å². The number of aromatic hydroxyl groups is 2. The lowest BCUT2D eigenvalue weighted by Crippen LogP contribution is -1.97. The number of phenols is 2. The largest absolute Gasteiger partial charge is 0.508 e. The smallest absolute Gasteiger partial charge is 0.119 e. The van der Waals surface area contributed by atoms with Crippen LogP contribution in [0.5, 0.6) is 11.5 Å². The Hall–Kier alpha value is -2.74. The van der Waals surface area contributed by atoms with Crippen LogP contribution in [0.1, 0.15) is 33.4 Å². The SMILES string of the molecule is Cc1cc(O)cc(C)c1Cc1ccc(O)c(Cc2ccccc2)c1. The fourth-order valence-electron chi connectivity index (χ4n) is 3.16. The Morgan fingerprint density at radius 3 is 2.04 bits per heavy atom. The molecule has 24 heavy (non-hydrogen) atoms. The van der Waals surface area contributed by atoms with E-state index in [1.165, 1.54) is 11.1 Å². The van der Waals surface area contributed by atoms with Gasteiger partial charge in [0.1, 0.15) is 11.5 Å². The summed E-state index contributed by atoms with van der Waals surface area (Å²) in [7, 11) is 0. The maximum atomic E-state index is 10.2. The Morgan fingerprint density at radius 1 is 0.708 bits per heavy atom. The predicted molar refractivity (Wildman–Crippen MR) is 97.7 cm³/mol. The number of phenolic OH excluding ortho intramolecular Hbond substituents is 2. The van der Waals surface area contributed by atoms with Crippen LogP contribution < -0.4 is 0 Å². The zero-order chi connectivity index (χ0) is 17.1. The third-order valence-electron chi connectivity index (χ3n) is 4.44. The van der Waals surface area contributed by atoms with Crippen LogP contribution in [0.3, 0.4) is 0 Å². The molecule has 0 atom stereocenters. The molecule has 0 unspecified atom stereocenters. The van der Waals surface area contributed by atoms with Gasteiger partial charge >= 0.3 is 0 Å². The van der Waals surface area contributed by atoms with E-state index in [-0.39, 0.29) is 0 Å². The molecule has 3 aromatic carbocycles. The van der Waals surface area contributed by atoms with Gasteiger partial charge in [-0.2, -0.15) is 0 Å². The van der Waals surface area contributed by atoms with Gasteiger partial charge < -0.3 is 10.2 Å². The summed E-state index contributed by atoms with van der Waals surface area (Å²) < 4.78 is 0. The van der Waals surface area contributed by atoms with Crippen molar-refractivity contribution in [3.05, 3.63) is 94.0 Å². The summed E-state index contributed by atoms with van der Waals surface area (Å²) in [6.07, 6.45) is 1.51. The third-order valence-corrected chi connectivity index (χ3v) is 4.44. The fourth-order valence-corrected chi connectivity index (χ4v) is 3.16. The fraction of sp³-hybridized carbons (Fsp3) is 0.182. The van der Waals surface area contributed by atoms with Crippen LogP contribution in [0.15, 0.2) is 60.7 Å². The topological polar surface area (TPSA) is 40.5 Å². The van der Waals surface area contributed by atoms with Gasteiger partial charge in [-0.1, -0.05) is 42.5 Å². The molecular weight excluding hydrogens is 296 g/mol. The number of benzene rings is 3. The molecule has 0 fully saturated rings. The molecule has 2 nitrogen and oxygen atoms in total. The molecule has 2 N–H and O–H groups in total. The van der Waals surface area contributed by atoms with Crippen molar-refractivity contribution in [1.82, 2.24) is 0 Å². The van der Waals surface area contributed by atoms with E-state index in [1.54, 1.807) is 18.2 Å². The van der Waals surface area contributed by atoms with Crippen LogP contribution in [0, 0.1) is 13.8 Å². The first kappa shape index (κ1) is 16.1. The summed E-state index contributed by atoms with van der Waals surface area (Å²) in [5, 5.41) is 19.9. The molecule has 3 rings (SSSR count). The predicted octanol–water partition coefficient (Wildman–Crippen LogP) is 4.90. The molecule has 2 heteroatoms. The van der Waals surface area contributed by atoms with E-state index in [0.29, 0.717) is 17.9 Å². The lowest BCUT2D eigenvalue weighted by molar-refractivity contribution is 0.469. The monoisotopic (exact) mass is 318 g/mol. The van der Waals surface area contributed by atoms with Gasteiger partial charge in [-0.3, -0.25) is 0 Å². The van der Waals surface area contributed by atoms with Gasteiger partial charge in [0.25, 0.3) is 0 Å². The van der Waals surface area contributed by atoms with E-state index in [9.17, 15) is 10.2 Å². The average Bonchev–Trinajstić information content (AvgIpc) is 2.55. The number of hydrogen-bond donors (Lipinski definition) is 2. The Bertz CT molecular complexity index is 828. The molecule has 0 saturated heterocycles. The lowest BCUT2D eigenvalue weighted by atomic mass is 9.94. The van der Waals surface area contributed by atoms with Crippen molar-refractivity contribution in [3.8, 4) is 11.5 Å². The molecule has 0 aliphatic carbocycles. The van der Waals surface area contributed by atoms with Crippen molar-refractivity contribution in [2.75, 3.05) is 0 Å². The van der Waals surface area contributed by atoms with Crippen molar-refractivity contribution in [2.45, 2.75) is 26.7 Å². The van der Waals surface area contributed by atoms with E-state index >= 15 is 0 Å². The summed E-state index contributed by atoms with van der Waals surface area (Å²) >= 11 is 0. The molecule has 0 saturated carbocycles. The summed E-state index contributed by atoms with van der Waals surface area (Å²) in [6, 6.07) is 19.6. The molecule has 0 bridgehead atoms. The van der Waals surface area contributed by atoms with E-state index < -0.39 is 0 Å². The summed E-state index contributed by atoms with van der Waals surface area (Å²) in [5.74, 6) is 0.644. The van der Waals surface area contributed by atoms with Crippen molar-refractivity contribution in [1.29, 1.82) is 0 Å². The molecule has 0 aliphatic heterocycles. The Labute approximate surface area is 143 Å². The van der Waals surface area contributed by atoms with Gasteiger partial charge in [-0.25, -0.2) is 0 Å². The Morgan fingerprint density at radius 2 is 1.38 bits per heavy atom. The second-order valence-corrected chi connectivity index (χ2v) is 6.36. The van der Waals surface area contributed by atoms with Crippen molar-refractivity contribution >= 4 is 0 Å². The second kappa shape index (κ2) is 6.79. The molecule has 122 valence electrons. The van der Waals surface area contributed by atoms with Crippen LogP contribution in [0.25, 0.3) is 0 Å². The Balaban J connectivity index is 1.89. The van der Waals surface area contributed by atoms with E-state index in [4.69, 9.17) is 0 Å². The average molecular weight is 318 g/mol. The molecule has 0 aromatic heterocycles. The standard InChI is InChI=1S/C22H22O2/c1-15-10-20(23)11-16(2)21(15)14-18-8-9-22(24)19(13-18)12-17-6-4-3-5-7-17/h3-11,13,23-24H,12,14H2,1-2H3. The minimum absolute atomic E-state index is 0.309. The second-order valence-electron chi connectivity index (χ2n) is 6.36. The van der Waals surface area contributed by atoms with Gasteiger partial charge in [0, 0.05) is 6.42 Å². The highest BCUT2D eigenvalue weighted by Crippen LogP contribution is 2.27. The van der Waals surface area contributed by atoms with Crippen LogP contribution in [-0.4, -0.2) is 10.2 Å². The minimum atomic E-state index is 0.309. The number of aryl methyl sites for hydroxylation is 2. The normalized spacial score (nSPS) is 10.8. The van der Waals surface area contributed by atoms with Crippen LogP contribution >= 0.6 is 0 Å². The number of hydrogen-bond acceptors (Lipinski definition) is 2. The van der Waals surface area contributed by atoms with Gasteiger partial charge in [-0.15, -0.1) is 0 Å². The molecule has 0 aliphatic rings. The van der Waals surface area contributed by atoms with Crippen LogP contribution in [0.4, 0.5) is 0 Å². The first-order valence-corrected chi connectivity index (χ1v) is 8.16. The van der Waals surface area contributed by atoms with Crippen LogP contribution in [-0.2, 0) is 12.8 Å². The zero-order valence-electron chi connectivity index (χ0n) is 14.1. The molecule has 0 heterocycles. The van der Waals surface area contributed by atoms with E-state index in [0.717, 1.165) is 28.7 Å². The minimum Gasteiger partial charge on any atom is -0.508 e. The van der Waals surface area contributed by atoms with Gasteiger partial charge in [0.2, 0.25) is 0 Å². The van der Waals surface area contributed by atoms with Crippen molar-refractivity contribution < 1.29 is 10.2 Å². The van der Waals surface area contributed by atoms with Crippen molar-refractivity contribution in [2.24, 2.45) is 0 Å². The van der Waals surface area contributed by atoms with E-state index in [2.05, 4.69) is 18.2 Å². The highest BCUT2D eigenvalue weighted by Gasteiger charge is 2.09. The van der Waals surface area contributed by atoms with Crippen LogP contribution in [0.2, 0.25) is 0 Å². The highest BCUT2D eigenvalue weighted by atomic mass is 16.3. The number of rotatable bonds is 4. The molecule has 0 spiro atoms. The summed E-state index contributed by atoms with van der Waals surface area (Å²) in [4.78, 5) is 0. The molecule has 3 aromatic rings. The highest BCUT2D eigenvalue weighted by molar-refractivity contribution is 5.45. The van der Waals surface area contributed by atoms with Gasteiger partial charge in [0.05, 0.1) is 0 Å². The third kappa shape index (κ3) is 3.60. The summed E-state index contributed by atoms with van der Waals surface area (Å²) in [5.41, 5.74) is 6.69. The lowest BCUT2D eigenvalue weighted by Gasteiger charge is -2.13. The summed E-state index contributed by atoms with van der Waals surface area (Å²) in [6.45, 7) is 4.04. The molecular formula is C22H22O2. The molecule has 0 amide bonds. The maximum absolute atomic E-state index is 10.2. The first-order chi connectivity index (χ1) is 11.5. The zero-order valence-corrected chi connectivity index (χ0v) is 14.1. The van der Waals surface area contributed by atoms with Gasteiger partial charge in [-0.05, 0) is 71.8 Å². The molecule has 0 radical (unpaired) electrons. The maximum Gasteiger partial charge on any atom is 0.119 e. The van der Waals surface area contributed by atoms with E-state index in [1.807, 2.05) is 38.1 Å². The Kier molecular flexibility index (Phi) is 4.57.